The van der Waals surface area contributed by atoms with Crippen LogP contribution < -0.4 is 5.32 Å². The number of halogens is 6. The van der Waals surface area contributed by atoms with Gasteiger partial charge in [0.15, 0.2) is 0 Å². The summed E-state index contributed by atoms with van der Waals surface area (Å²) in [6.45, 7) is 0.842. The molecule has 0 bridgehead atoms. The molecule has 0 spiro atoms. The Balaban J connectivity index is 2.39. The van der Waals surface area contributed by atoms with Crippen LogP contribution in [0.15, 0.2) is 23.1 Å². The van der Waals surface area contributed by atoms with Crippen LogP contribution in [-0.2, 0) is 0 Å². The lowest BCUT2D eigenvalue weighted by Crippen LogP contribution is -2.49. The minimum atomic E-state index is -4.71. The molecular weight excluding hydrogens is 346 g/mol. The first kappa shape index (κ1) is 18.2. The Labute approximate surface area is 132 Å². The van der Waals surface area contributed by atoms with Gasteiger partial charge in [-0.25, -0.2) is 0 Å². The number of alkyl halides is 6. The first-order valence-corrected chi connectivity index (χ1v) is 7.50. The summed E-state index contributed by atoms with van der Waals surface area (Å²) < 4.78 is 77.6. The van der Waals surface area contributed by atoms with Gasteiger partial charge in [0.2, 0.25) is 0 Å². The quantitative estimate of drug-likeness (QED) is 0.639. The highest BCUT2D eigenvalue weighted by Crippen LogP contribution is 2.44. The molecule has 3 nitrogen and oxygen atoms in total. The van der Waals surface area contributed by atoms with E-state index in [0.717, 1.165) is 23.1 Å². The zero-order valence-electron chi connectivity index (χ0n) is 11.7. The van der Waals surface area contributed by atoms with Crippen LogP contribution >= 0.6 is 11.8 Å². The van der Waals surface area contributed by atoms with Gasteiger partial charge in [-0.15, -0.1) is 0 Å². The zero-order valence-corrected chi connectivity index (χ0v) is 12.5. The minimum absolute atomic E-state index is 0.0836. The third-order valence-corrected chi connectivity index (χ3v) is 4.08. The van der Waals surface area contributed by atoms with Gasteiger partial charge >= 0.3 is 11.7 Å². The van der Waals surface area contributed by atoms with Gasteiger partial charge in [-0.2, -0.15) is 26.3 Å². The van der Waals surface area contributed by atoms with Crippen molar-refractivity contribution in [1.82, 2.24) is 10.2 Å². The monoisotopic (exact) mass is 360 g/mol. The predicted octanol–water partition coefficient (Wildman–Crippen LogP) is 3.51. The molecule has 1 aliphatic rings. The summed E-state index contributed by atoms with van der Waals surface area (Å²) >= 11 is -0.511. The first-order chi connectivity index (χ1) is 10.6. The second-order valence-electron chi connectivity index (χ2n) is 5.00. The van der Waals surface area contributed by atoms with Crippen LogP contribution in [0.3, 0.4) is 0 Å². The number of phenolic OH excluding ortho intramolecular Hbond substituents is 1. The number of nitrogens with one attached hydrogen (secondary N) is 1. The highest BCUT2D eigenvalue weighted by Gasteiger charge is 2.46. The van der Waals surface area contributed by atoms with E-state index in [1.54, 1.807) is 0 Å². The Hall–Kier alpha value is -1.13. The molecule has 0 amide bonds. The predicted molar refractivity (Wildman–Crippen MR) is 73.3 cm³/mol. The van der Waals surface area contributed by atoms with Gasteiger partial charge in [0.25, 0.3) is 0 Å². The number of benzene rings is 1. The fourth-order valence-electron chi connectivity index (χ4n) is 2.47. The van der Waals surface area contributed by atoms with Gasteiger partial charge in [0.1, 0.15) is 11.8 Å². The lowest BCUT2D eigenvalue weighted by molar-refractivity contribution is -0.188. The summed E-state index contributed by atoms with van der Waals surface area (Å²) in [4.78, 5) is 0.711. The maximum atomic E-state index is 13.4. The number of rotatable bonds is 3. The van der Waals surface area contributed by atoms with E-state index in [0.29, 0.717) is 13.1 Å². The molecule has 1 fully saturated rings. The van der Waals surface area contributed by atoms with E-state index in [1.807, 2.05) is 0 Å². The summed E-state index contributed by atoms with van der Waals surface area (Å²) in [5.41, 5.74) is -5.18. The van der Waals surface area contributed by atoms with Crippen LogP contribution in [0.2, 0.25) is 0 Å². The molecule has 1 aromatic carbocycles. The molecule has 0 aromatic heterocycles. The second kappa shape index (κ2) is 6.78. The molecule has 0 aliphatic carbocycles. The van der Waals surface area contributed by atoms with Gasteiger partial charge in [0, 0.05) is 36.6 Å². The number of nitrogens with zero attached hydrogens (tertiary/aromatic N) is 1. The van der Waals surface area contributed by atoms with E-state index >= 15 is 0 Å². The topological polar surface area (TPSA) is 35.5 Å². The first-order valence-electron chi connectivity index (χ1n) is 6.68. The number of hydrogen-bond acceptors (Lipinski definition) is 4. The van der Waals surface area contributed by atoms with E-state index < -0.39 is 45.7 Å². The molecule has 0 saturated carbocycles. The third-order valence-electron chi connectivity index (χ3n) is 3.35. The minimum Gasteiger partial charge on any atom is -0.508 e. The lowest BCUT2D eigenvalue weighted by atomic mass is 10.0. The Bertz CT molecular complexity index is 542. The van der Waals surface area contributed by atoms with Crippen LogP contribution in [0, 0.1) is 0 Å². The normalized spacial score (nSPS) is 18.9. The number of phenols is 1. The maximum absolute atomic E-state index is 13.4. The van der Waals surface area contributed by atoms with Crippen molar-refractivity contribution >= 4 is 11.8 Å². The van der Waals surface area contributed by atoms with E-state index in [2.05, 4.69) is 5.32 Å². The Morgan fingerprint density at radius 2 is 1.70 bits per heavy atom. The van der Waals surface area contributed by atoms with Gasteiger partial charge in [-0.3, -0.25) is 4.90 Å². The van der Waals surface area contributed by atoms with Crippen LogP contribution in [0.25, 0.3) is 0 Å². The van der Waals surface area contributed by atoms with Crippen molar-refractivity contribution in [2.24, 2.45) is 0 Å². The molecule has 1 saturated heterocycles. The van der Waals surface area contributed by atoms with Gasteiger partial charge in [-0.1, -0.05) is 0 Å². The molecule has 0 unspecified atom stereocenters. The largest absolute Gasteiger partial charge is 0.508 e. The summed E-state index contributed by atoms with van der Waals surface area (Å²) in [6.07, 6.45) is -4.71. The molecule has 10 heteroatoms. The van der Waals surface area contributed by atoms with Crippen molar-refractivity contribution in [2.45, 2.75) is 22.6 Å². The molecular formula is C13H14F6N2OS. The van der Waals surface area contributed by atoms with Crippen LogP contribution in [0.5, 0.6) is 5.75 Å². The van der Waals surface area contributed by atoms with Crippen molar-refractivity contribution in [1.29, 1.82) is 0 Å². The van der Waals surface area contributed by atoms with Crippen molar-refractivity contribution in [3.05, 3.63) is 23.8 Å². The molecule has 130 valence electrons. The highest BCUT2D eigenvalue weighted by atomic mass is 32.2. The molecule has 2 N–H and O–H groups in total. The van der Waals surface area contributed by atoms with E-state index in [-0.39, 0.29) is 13.1 Å². The molecule has 2 rings (SSSR count). The molecule has 1 aliphatic heterocycles. The van der Waals surface area contributed by atoms with Crippen LogP contribution in [0.1, 0.15) is 11.6 Å². The van der Waals surface area contributed by atoms with Crippen molar-refractivity contribution in [2.75, 3.05) is 26.2 Å². The van der Waals surface area contributed by atoms with Gasteiger partial charge < -0.3 is 10.4 Å². The third kappa shape index (κ3) is 4.92. The fourth-order valence-corrected chi connectivity index (χ4v) is 3.06. The van der Waals surface area contributed by atoms with Crippen molar-refractivity contribution < 1.29 is 31.4 Å². The van der Waals surface area contributed by atoms with E-state index in [4.69, 9.17) is 0 Å². The van der Waals surface area contributed by atoms with E-state index in [9.17, 15) is 31.4 Å². The average Bonchev–Trinajstić information content (AvgIpc) is 2.41. The number of aromatic hydroxyl groups is 1. The smallest absolute Gasteiger partial charge is 0.446 e. The molecule has 1 heterocycles. The summed E-state index contributed by atoms with van der Waals surface area (Å²) in [7, 11) is 0. The SMILES string of the molecule is Oc1ccc(SC(F)(F)F)cc1[C@H](N1CCNCC1)C(F)(F)F. The number of hydrogen-bond donors (Lipinski definition) is 2. The molecule has 23 heavy (non-hydrogen) atoms. The highest BCUT2D eigenvalue weighted by molar-refractivity contribution is 8.00. The summed E-state index contributed by atoms with van der Waals surface area (Å²) in [5.74, 6) is -0.669. The summed E-state index contributed by atoms with van der Waals surface area (Å²) in [6, 6.07) is 0.429. The Kier molecular flexibility index (Phi) is 5.37. The standard InChI is InChI=1S/C13H14F6N2OS/c14-12(15,16)11(21-5-3-20-4-6-21)9-7-8(1-2-10(9)22)23-13(17,18)19/h1-2,7,11,20,22H,3-6H2/t11-/m0/s1. The molecule has 1 atom stereocenters. The van der Waals surface area contributed by atoms with Gasteiger partial charge in [-0.05, 0) is 30.0 Å². The molecule has 0 radical (unpaired) electrons. The summed E-state index contributed by atoms with van der Waals surface area (Å²) in [5, 5.41) is 12.7. The molecule has 1 aromatic rings. The maximum Gasteiger partial charge on any atom is 0.446 e. The van der Waals surface area contributed by atoms with Crippen molar-refractivity contribution in [3.63, 3.8) is 0 Å². The van der Waals surface area contributed by atoms with E-state index in [1.165, 1.54) is 0 Å². The van der Waals surface area contributed by atoms with Gasteiger partial charge in [0.05, 0.1) is 0 Å². The lowest BCUT2D eigenvalue weighted by Gasteiger charge is -2.36. The van der Waals surface area contributed by atoms with Crippen LogP contribution in [-0.4, -0.2) is 47.9 Å². The zero-order chi connectivity index (χ0) is 17.3. The Morgan fingerprint density at radius 3 is 2.22 bits per heavy atom. The average molecular weight is 360 g/mol. The fraction of sp³-hybridized carbons (Fsp3) is 0.538. The Morgan fingerprint density at radius 1 is 1.09 bits per heavy atom. The second-order valence-corrected chi connectivity index (χ2v) is 6.14. The number of thioether (sulfide) groups is 1. The number of piperazine rings is 1. The van der Waals surface area contributed by atoms with Crippen molar-refractivity contribution in [3.8, 4) is 5.75 Å². The van der Waals surface area contributed by atoms with Crippen LogP contribution in [0.4, 0.5) is 26.3 Å².